The number of ether oxygens (including phenoxy) is 1. The molecule has 2 atom stereocenters. The molecule has 2 aliphatic rings. The molecule has 90 valence electrons. The van der Waals surface area contributed by atoms with E-state index in [-0.39, 0.29) is 18.0 Å². The highest BCUT2D eigenvalue weighted by molar-refractivity contribution is 5.82. The van der Waals surface area contributed by atoms with Crippen LogP contribution in [-0.4, -0.2) is 49.7 Å². The largest absolute Gasteiger partial charge is 0.377 e. The van der Waals surface area contributed by atoms with E-state index in [4.69, 9.17) is 4.74 Å². The summed E-state index contributed by atoms with van der Waals surface area (Å²) in [6, 6.07) is 0.0941. The molecule has 1 heterocycles. The van der Waals surface area contributed by atoms with Gasteiger partial charge in [-0.25, -0.2) is 0 Å². The zero-order valence-corrected chi connectivity index (χ0v) is 9.82. The highest BCUT2D eigenvalue weighted by Gasteiger charge is 2.30. The van der Waals surface area contributed by atoms with E-state index in [0.717, 1.165) is 12.8 Å². The molecule has 1 N–H and O–H groups in total. The molecule has 2 rings (SSSR count). The van der Waals surface area contributed by atoms with Crippen LogP contribution in [0.25, 0.3) is 0 Å². The molecule has 0 saturated carbocycles. The zero-order chi connectivity index (χ0) is 11.4. The van der Waals surface area contributed by atoms with Gasteiger partial charge in [-0.05, 0) is 26.3 Å². The van der Waals surface area contributed by atoms with Gasteiger partial charge in [0.05, 0.1) is 19.3 Å². The molecule has 0 aromatic carbocycles. The number of carbonyl (C=O) groups is 1. The van der Waals surface area contributed by atoms with Crippen LogP contribution in [0.3, 0.4) is 0 Å². The summed E-state index contributed by atoms with van der Waals surface area (Å²) in [4.78, 5) is 14.2. The van der Waals surface area contributed by atoms with Gasteiger partial charge in [-0.2, -0.15) is 0 Å². The van der Waals surface area contributed by atoms with Crippen LogP contribution in [-0.2, 0) is 9.53 Å². The lowest BCUT2D eigenvalue weighted by atomic mass is 10.0. The Balaban J connectivity index is 2.08. The molecule has 1 aliphatic heterocycles. The van der Waals surface area contributed by atoms with Crippen LogP contribution in [0.4, 0.5) is 0 Å². The maximum Gasteiger partial charge on any atom is 0.242 e. The van der Waals surface area contributed by atoms with Gasteiger partial charge in [0, 0.05) is 6.54 Å². The van der Waals surface area contributed by atoms with Crippen LogP contribution in [0.1, 0.15) is 19.3 Å². The Morgan fingerprint density at radius 3 is 3.12 bits per heavy atom. The summed E-state index contributed by atoms with van der Waals surface area (Å²) in [7, 11) is 1.81. The van der Waals surface area contributed by atoms with Gasteiger partial charge < -0.3 is 15.0 Å². The highest BCUT2D eigenvalue weighted by Crippen LogP contribution is 2.18. The maximum absolute atomic E-state index is 12.2. The first kappa shape index (κ1) is 11.6. The van der Waals surface area contributed by atoms with Crippen molar-refractivity contribution in [2.24, 2.45) is 0 Å². The first-order chi connectivity index (χ1) is 7.83. The standard InChI is InChI=1S/C12H20N2O2/c1-13-11-9-16-8-7-14(12(11)15)10-5-3-2-4-6-10/h3,5,10-11,13H,2,4,6-9H2,1H3. The summed E-state index contributed by atoms with van der Waals surface area (Å²) >= 11 is 0. The van der Waals surface area contributed by atoms with Gasteiger partial charge in [-0.3, -0.25) is 4.79 Å². The minimum Gasteiger partial charge on any atom is -0.377 e. The minimum absolute atomic E-state index is 0.177. The Bertz CT molecular complexity index is 278. The van der Waals surface area contributed by atoms with Crippen molar-refractivity contribution in [3.63, 3.8) is 0 Å². The van der Waals surface area contributed by atoms with Gasteiger partial charge in [0.15, 0.2) is 0 Å². The van der Waals surface area contributed by atoms with E-state index in [9.17, 15) is 4.79 Å². The molecule has 1 saturated heterocycles. The summed E-state index contributed by atoms with van der Waals surface area (Å²) < 4.78 is 5.44. The Morgan fingerprint density at radius 2 is 2.44 bits per heavy atom. The number of carbonyl (C=O) groups excluding carboxylic acids is 1. The molecular formula is C12H20N2O2. The first-order valence-corrected chi connectivity index (χ1v) is 6.05. The maximum atomic E-state index is 12.2. The van der Waals surface area contributed by atoms with Crippen molar-refractivity contribution >= 4 is 5.91 Å². The van der Waals surface area contributed by atoms with E-state index in [1.54, 1.807) is 0 Å². The molecular weight excluding hydrogens is 204 g/mol. The van der Waals surface area contributed by atoms with Gasteiger partial charge in [0.25, 0.3) is 0 Å². The minimum atomic E-state index is -0.183. The molecule has 1 amide bonds. The number of nitrogens with zero attached hydrogens (tertiary/aromatic N) is 1. The molecule has 0 aromatic heterocycles. The third-order valence-corrected chi connectivity index (χ3v) is 3.32. The van der Waals surface area contributed by atoms with Gasteiger partial charge in [0.2, 0.25) is 5.91 Å². The fourth-order valence-electron chi connectivity index (χ4n) is 2.34. The Labute approximate surface area is 96.6 Å². The summed E-state index contributed by atoms with van der Waals surface area (Å²) in [5, 5.41) is 3.02. The fraction of sp³-hybridized carbons (Fsp3) is 0.750. The monoisotopic (exact) mass is 224 g/mol. The summed E-state index contributed by atoms with van der Waals surface area (Å²) in [6.45, 7) is 1.85. The molecule has 16 heavy (non-hydrogen) atoms. The van der Waals surface area contributed by atoms with Crippen LogP contribution in [0.2, 0.25) is 0 Å². The number of rotatable bonds is 2. The zero-order valence-electron chi connectivity index (χ0n) is 9.82. The summed E-state index contributed by atoms with van der Waals surface area (Å²) in [5.41, 5.74) is 0. The predicted octanol–water partition coefficient (Wildman–Crippen LogP) is 0.542. The average molecular weight is 224 g/mol. The topological polar surface area (TPSA) is 41.6 Å². The van der Waals surface area contributed by atoms with Crippen molar-refractivity contribution < 1.29 is 9.53 Å². The van der Waals surface area contributed by atoms with Gasteiger partial charge in [-0.1, -0.05) is 12.2 Å². The quantitative estimate of drug-likeness (QED) is 0.696. The van der Waals surface area contributed by atoms with Crippen molar-refractivity contribution in [1.29, 1.82) is 0 Å². The van der Waals surface area contributed by atoms with Crippen molar-refractivity contribution in [2.75, 3.05) is 26.8 Å². The Morgan fingerprint density at radius 1 is 1.56 bits per heavy atom. The SMILES string of the molecule is CNC1COCCN(C2C=CCCC2)C1=O. The lowest BCUT2D eigenvalue weighted by Gasteiger charge is -2.31. The second-order valence-corrected chi connectivity index (χ2v) is 4.37. The van der Waals surface area contributed by atoms with Crippen molar-refractivity contribution in [3.05, 3.63) is 12.2 Å². The van der Waals surface area contributed by atoms with Crippen LogP contribution < -0.4 is 5.32 Å². The Hall–Kier alpha value is -0.870. The Kier molecular flexibility index (Phi) is 3.96. The van der Waals surface area contributed by atoms with Crippen LogP contribution >= 0.6 is 0 Å². The second-order valence-electron chi connectivity index (χ2n) is 4.37. The number of hydrogen-bond donors (Lipinski definition) is 1. The van der Waals surface area contributed by atoms with E-state index >= 15 is 0 Å². The van der Waals surface area contributed by atoms with E-state index in [2.05, 4.69) is 17.5 Å². The third kappa shape index (κ3) is 2.44. The van der Waals surface area contributed by atoms with E-state index in [0.29, 0.717) is 19.8 Å². The van der Waals surface area contributed by atoms with Gasteiger partial charge >= 0.3 is 0 Å². The molecule has 0 aromatic rings. The molecule has 0 bridgehead atoms. The average Bonchev–Trinajstić information content (AvgIpc) is 2.52. The molecule has 4 nitrogen and oxygen atoms in total. The second kappa shape index (κ2) is 5.46. The van der Waals surface area contributed by atoms with E-state index < -0.39 is 0 Å². The number of amides is 1. The summed E-state index contributed by atoms with van der Waals surface area (Å²) in [5.74, 6) is 0.177. The van der Waals surface area contributed by atoms with Crippen LogP contribution in [0.5, 0.6) is 0 Å². The number of hydrogen-bond acceptors (Lipinski definition) is 3. The molecule has 4 heteroatoms. The third-order valence-electron chi connectivity index (χ3n) is 3.32. The van der Waals surface area contributed by atoms with Gasteiger partial charge in [-0.15, -0.1) is 0 Å². The lowest BCUT2D eigenvalue weighted by Crippen LogP contribution is -2.49. The number of nitrogens with one attached hydrogen (secondary N) is 1. The van der Waals surface area contributed by atoms with E-state index in [1.165, 1.54) is 6.42 Å². The first-order valence-electron chi connectivity index (χ1n) is 6.05. The van der Waals surface area contributed by atoms with Gasteiger partial charge in [0.1, 0.15) is 6.04 Å². The molecule has 0 radical (unpaired) electrons. The smallest absolute Gasteiger partial charge is 0.242 e. The fourth-order valence-corrected chi connectivity index (χ4v) is 2.34. The number of allylic oxidation sites excluding steroid dienone is 1. The predicted molar refractivity (Wildman–Crippen MR) is 62.2 cm³/mol. The lowest BCUT2D eigenvalue weighted by molar-refractivity contribution is -0.134. The summed E-state index contributed by atoms with van der Waals surface area (Å²) in [6.07, 6.45) is 7.75. The molecule has 1 aliphatic carbocycles. The molecule has 2 unspecified atom stereocenters. The van der Waals surface area contributed by atoms with E-state index in [1.807, 2.05) is 11.9 Å². The van der Waals surface area contributed by atoms with Crippen LogP contribution in [0, 0.1) is 0 Å². The molecule has 1 fully saturated rings. The van der Waals surface area contributed by atoms with Crippen molar-refractivity contribution in [3.8, 4) is 0 Å². The van der Waals surface area contributed by atoms with Crippen molar-refractivity contribution in [2.45, 2.75) is 31.3 Å². The molecule has 0 spiro atoms. The highest BCUT2D eigenvalue weighted by atomic mass is 16.5. The number of likely N-dealkylation sites (N-methyl/N-ethyl adjacent to an activating group) is 1. The van der Waals surface area contributed by atoms with Crippen molar-refractivity contribution in [1.82, 2.24) is 10.2 Å². The van der Waals surface area contributed by atoms with Crippen LogP contribution in [0.15, 0.2) is 12.2 Å². The normalized spacial score (nSPS) is 31.6.